The topological polar surface area (TPSA) is 82.8 Å². The molecule has 1 aromatic rings. The van der Waals surface area contributed by atoms with Crippen molar-refractivity contribution in [1.29, 1.82) is 0 Å². The van der Waals surface area contributed by atoms with E-state index in [1.807, 2.05) is 0 Å². The maximum atomic E-state index is 11.5. The molecular weight excluding hydrogens is 256 g/mol. The number of benzene rings is 1. The minimum atomic E-state index is -0.498. The number of rotatable bonds is 4. The number of hydrogen-bond donors (Lipinski definition) is 2. The van der Waals surface area contributed by atoms with Crippen LogP contribution >= 0.6 is 12.2 Å². The van der Waals surface area contributed by atoms with Crippen LogP contribution in [0.2, 0.25) is 0 Å². The maximum Gasteiger partial charge on any atom is 0.338 e. The molecule has 18 heavy (non-hydrogen) atoms. The Balaban J connectivity index is 3.35. The average Bonchev–Trinajstić information content (AvgIpc) is 2.35. The van der Waals surface area contributed by atoms with E-state index in [4.69, 9.17) is 27.4 Å². The Morgan fingerprint density at radius 2 is 1.94 bits per heavy atom. The molecule has 0 bridgehead atoms. The summed E-state index contributed by atoms with van der Waals surface area (Å²) in [5.41, 5.74) is 6.14. The van der Waals surface area contributed by atoms with Gasteiger partial charge in [0.2, 0.25) is 0 Å². The molecule has 0 aliphatic carbocycles. The fraction of sp³-hybridized carbons (Fsp3) is 0.273. The maximum absolute atomic E-state index is 11.5. The molecule has 98 valence electrons. The monoisotopic (exact) mass is 270 g/mol. The van der Waals surface area contributed by atoms with Crippen LogP contribution in [0.25, 0.3) is 0 Å². The Kier molecular flexibility index (Phi) is 4.73. The number of nitrogens with two attached hydrogens (primary N) is 1. The van der Waals surface area contributed by atoms with Crippen LogP contribution in [-0.2, 0) is 4.74 Å². The van der Waals surface area contributed by atoms with Gasteiger partial charge in [0.1, 0.15) is 0 Å². The molecule has 0 amide bonds. The first kappa shape index (κ1) is 14.0. The fourth-order valence-corrected chi connectivity index (χ4v) is 1.54. The van der Waals surface area contributed by atoms with Gasteiger partial charge in [0.25, 0.3) is 0 Å². The van der Waals surface area contributed by atoms with Crippen LogP contribution in [0.3, 0.4) is 0 Å². The van der Waals surface area contributed by atoms with E-state index in [2.05, 4.69) is 10.1 Å². The van der Waals surface area contributed by atoms with Crippen molar-refractivity contribution in [2.45, 2.75) is 0 Å². The van der Waals surface area contributed by atoms with E-state index in [1.165, 1.54) is 33.5 Å². The summed E-state index contributed by atoms with van der Waals surface area (Å²) >= 11 is 4.76. The van der Waals surface area contributed by atoms with Crippen LogP contribution in [-0.4, -0.2) is 32.4 Å². The second-order valence-electron chi connectivity index (χ2n) is 3.24. The van der Waals surface area contributed by atoms with Crippen molar-refractivity contribution >= 4 is 29.0 Å². The van der Waals surface area contributed by atoms with E-state index in [0.717, 1.165) is 0 Å². The first-order chi connectivity index (χ1) is 8.53. The van der Waals surface area contributed by atoms with E-state index in [-0.39, 0.29) is 5.11 Å². The lowest BCUT2D eigenvalue weighted by Gasteiger charge is -2.15. The third kappa shape index (κ3) is 3.01. The predicted molar refractivity (Wildman–Crippen MR) is 71.3 cm³/mol. The van der Waals surface area contributed by atoms with Crippen molar-refractivity contribution in [3.63, 3.8) is 0 Å². The quantitative estimate of drug-likeness (QED) is 0.627. The molecule has 0 atom stereocenters. The molecule has 0 fully saturated rings. The van der Waals surface area contributed by atoms with Crippen molar-refractivity contribution in [3.8, 4) is 11.5 Å². The van der Waals surface area contributed by atoms with Gasteiger partial charge in [-0.25, -0.2) is 4.79 Å². The van der Waals surface area contributed by atoms with E-state index < -0.39 is 5.97 Å². The Morgan fingerprint density at radius 3 is 2.39 bits per heavy atom. The lowest BCUT2D eigenvalue weighted by atomic mass is 10.1. The third-order valence-electron chi connectivity index (χ3n) is 2.16. The molecule has 0 aliphatic heterocycles. The van der Waals surface area contributed by atoms with Gasteiger partial charge in [0, 0.05) is 0 Å². The Bertz CT molecular complexity index is 476. The molecule has 0 heterocycles. The van der Waals surface area contributed by atoms with Gasteiger partial charge >= 0.3 is 5.97 Å². The molecule has 0 radical (unpaired) electrons. The zero-order valence-corrected chi connectivity index (χ0v) is 11.1. The van der Waals surface area contributed by atoms with E-state index in [9.17, 15) is 4.79 Å². The van der Waals surface area contributed by atoms with Crippen LogP contribution in [0.5, 0.6) is 11.5 Å². The standard InChI is InChI=1S/C11H14N2O4S/c1-15-8-5-6(10(14)17-3)4-7(9(8)16-2)13-11(12)18/h4-5H,1-3H3,(H3,12,13,18). The number of methoxy groups -OCH3 is 3. The molecule has 3 N–H and O–H groups in total. The first-order valence-electron chi connectivity index (χ1n) is 4.94. The highest BCUT2D eigenvalue weighted by Gasteiger charge is 2.16. The summed E-state index contributed by atoms with van der Waals surface area (Å²) in [6.45, 7) is 0. The summed E-state index contributed by atoms with van der Waals surface area (Å²) in [5, 5.41) is 2.77. The van der Waals surface area contributed by atoms with Crippen LogP contribution in [0.1, 0.15) is 10.4 Å². The Morgan fingerprint density at radius 1 is 1.28 bits per heavy atom. The number of thiocarbonyl (C=S) groups is 1. The highest BCUT2D eigenvalue weighted by Crippen LogP contribution is 2.36. The van der Waals surface area contributed by atoms with Crippen molar-refractivity contribution in [2.75, 3.05) is 26.6 Å². The SMILES string of the molecule is COC(=O)c1cc(NC(N)=S)c(OC)c(OC)c1. The van der Waals surface area contributed by atoms with Crippen molar-refractivity contribution < 1.29 is 19.0 Å². The molecule has 0 aliphatic rings. The van der Waals surface area contributed by atoms with Gasteiger partial charge in [-0.3, -0.25) is 0 Å². The zero-order chi connectivity index (χ0) is 13.7. The van der Waals surface area contributed by atoms with Crippen molar-refractivity contribution in [2.24, 2.45) is 5.73 Å². The smallest absolute Gasteiger partial charge is 0.338 e. The zero-order valence-electron chi connectivity index (χ0n) is 10.3. The average molecular weight is 270 g/mol. The van der Waals surface area contributed by atoms with Gasteiger partial charge in [-0.1, -0.05) is 0 Å². The second kappa shape index (κ2) is 6.06. The highest BCUT2D eigenvalue weighted by molar-refractivity contribution is 7.80. The molecule has 7 heteroatoms. The van der Waals surface area contributed by atoms with Crippen molar-refractivity contribution in [1.82, 2.24) is 0 Å². The molecule has 6 nitrogen and oxygen atoms in total. The number of ether oxygens (including phenoxy) is 3. The van der Waals surface area contributed by atoms with Gasteiger partial charge in [0.15, 0.2) is 16.6 Å². The molecule has 1 rings (SSSR count). The summed E-state index contributed by atoms with van der Waals surface area (Å²) in [6, 6.07) is 3.03. The molecule has 0 saturated carbocycles. The molecule has 0 unspecified atom stereocenters. The summed E-state index contributed by atoms with van der Waals surface area (Å²) in [5.74, 6) is 0.277. The number of esters is 1. The lowest BCUT2D eigenvalue weighted by Crippen LogP contribution is -2.20. The first-order valence-corrected chi connectivity index (χ1v) is 5.35. The molecular formula is C11H14N2O4S. The normalized spacial score (nSPS) is 9.50. The lowest BCUT2D eigenvalue weighted by molar-refractivity contribution is 0.0600. The number of hydrogen-bond acceptors (Lipinski definition) is 5. The Hall–Kier alpha value is -2.02. The van der Waals surface area contributed by atoms with E-state index in [1.54, 1.807) is 0 Å². The summed E-state index contributed by atoms with van der Waals surface area (Å²) in [4.78, 5) is 11.5. The van der Waals surface area contributed by atoms with Crippen LogP contribution in [0.15, 0.2) is 12.1 Å². The fourth-order valence-electron chi connectivity index (χ4n) is 1.43. The minimum absolute atomic E-state index is 0.0531. The third-order valence-corrected chi connectivity index (χ3v) is 2.26. The van der Waals surface area contributed by atoms with Crippen LogP contribution in [0, 0.1) is 0 Å². The molecule has 0 saturated heterocycles. The predicted octanol–water partition coefficient (Wildman–Crippen LogP) is 1.15. The van der Waals surface area contributed by atoms with Gasteiger partial charge in [0.05, 0.1) is 32.6 Å². The summed E-state index contributed by atoms with van der Waals surface area (Å²) in [6.07, 6.45) is 0. The summed E-state index contributed by atoms with van der Waals surface area (Å²) in [7, 11) is 4.23. The molecule has 0 spiro atoms. The van der Waals surface area contributed by atoms with Crippen LogP contribution < -0.4 is 20.5 Å². The minimum Gasteiger partial charge on any atom is -0.493 e. The highest BCUT2D eigenvalue weighted by atomic mass is 32.1. The van der Waals surface area contributed by atoms with E-state index >= 15 is 0 Å². The van der Waals surface area contributed by atoms with Gasteiger partial charge in [-0.2, -0.15) is 0 Å². The molecule has 1 aromatic carbocycles. The van der Waals surface area contributed by atoms with Gasteiger partial charge in [-0.05, 0) is 24.4 Å². The number of nitrogens with one attached hydrogen (secondary N) is 1. The Labute approximate surface area is 110 Å². The number of carbonyl (C=O) groups is 1. The largest absolute Gasteiger partial charge is 0.493 e. The van der Waals surface area contributed by atoms with E-state index in [0.29, 0.717) is 22.7 Å². The van der Waals surface area contributed by atoms with Crippen LogP contribution in [0.4, 0.5) is 5.69 Å². The van der Waals surface area contributed by atoms with Crippen molar-refractivity contribution in [3.05, 3.63) is 17.7 Å². The number of anilines is 1. The second-order valence-corrected chi connectivity index (χ2v) is 3.68. The van der Waals surface area contributed by atoms with Gasteiger partial charge in [-0.15, -0.1) is 0 Å². The van der Waals surface area contributed by atoms with Gasteiger partial charge < -0.3 is 25.3 Å². The summed E-state index contributed by atoms with van der Waals surface area (Å²) < 4.78 is 15.0. The number of carbonyl (C=O) groups excluding carboxylic acids is 1. The molecule has 0 aromatic heterocycles.